The number of aromatic nitrogens is 3. The Balaban J connectivity index is 1.89. The van der Waals surface area contributed by atoms with Crippen molar-refractivity contribution in [2.24, 2.45) is 5.16 Å². The maximum atomic E-state index is 12.9. The smallest absolute Gasteiger partial charge is 0.388 e. The summed E-state index contributed by atoms with van der Waals surface area (Å²) in [6.07, 6.45) is -3.09. The highest BCUT2D eigenvalue weighted by Gasteiger charge is 2.41. The van der Waals surface area contributed by atoms with Crippen LogP contribution in [0.15, 0.2) is 48.0 Å². The number of fused-ring (bicyclic) bond motifs is 1. The first-order valence-electron chi connectivity index (χ1n) is 10.4. The Kier molecular flexibility index (Phi) is 8.17. The number of hydrogen-bond acceptors (Lipinski definition) is 8. The number of rotatable bonds is 9. The first-order valence-corrected chi connectivity index (χ1v) is 13.6. The topological polar surface area (TPSA) is 193 Å². The first kappa shape index (κ1) is 29.0. The fourth-order valence-corrected chi connectivity index (χ4v) is 5.37. The predicted molar refractivity (Wildman–Crippen MR) is 125 cm³/mol. The van der Waals surface area contributed by atoms with Crippen LogP contribution in [0.2, 0.25) is 0 Å². The molecule has 0 spiro atoms. The lowest BCUT2D eigenvalue weighted by molar-refractivity contribution is -0.798. The van der Waals surface area contributed by atoms with Crippen molar-refractivity contribution in [2.75, 3.05) is 25.4 Å². The van der Waals surface area contributed by atoms with E-state index in [0.717, 1.165) is 17.9 Å². The Morgan fingerprint density at radius 3 is 2.37 bits per heavy atom. The molecule has 208 valence electrons. The third-order valence-corrected chi connectivity index (χ3v) is 6.72. The lowest BCUT2D eigenvalue weighted by atomic mass is 10.2. The fraction of sp³-hybridized carbons (Fsp3) is 0.316. The van der Waals surface area contributed by atoms with Gasteiger partial charge in [0.15, 0.2) is 5.69 Å². The zero-order chi connectivity index (χ0) is 28.4. The van der Waals surface area contributed by atoms with Crippen molar-refractivity contribution in [3.05, 3.63) is 54.2 Å². The molecule has 4 N–H and O–H groups in total. The highest BCUT2D eigenvalue weighted by molar-refractivity contribution is 7.86. The van der Waals surface area contributed by atoms with Crippen LogP contribution in [0.1, 0.15) is 16.2 Å². The Hall–Kier alpha value is -3.52. The molecule has 0 fully saturated rings. The zero-order valence-electron chi connectivity index (χ0n) is 19.5. The van der Waals surface area contributed by atoms with Crippen LogP contribution in [0.4, 0.5) is 13.2 Å². The van der Waals surface area contributed by atoms with Gasteiger partial charge in [0.1, 0.15) is 12.3 Å². The average molecular weight is 584 g/mol. The molecular formula is C19H22F3N6O8S2+. The summed E-state index contributed by atoms with van der Waals surface area (Å²) in [7, 11) is -8.93. The van der Waals surface area contributed by atoms with Gasteiger partial charge < -0.3 is 14.4 Å². The molecule has 0 radical (unpaired) electrons. The van der Waals surface area contributed by atoms with E-state index in [-0.39, 0.29) is 12.2 Å². The average Bonchev–Trinajstić information content (AvgIpc) is 3.40. The van der Waals surface area contributed by atoms with Gasteiger partial charge in [-0.1, -0.05) is 18.2 Å². The van der Waals surface area contributed by atoms with Gasteiger partial charge in [0, 0.05) is 17.1 Å². The van der Waals surface area contributed by atoms with Crippen molar-refractivity contribution in [3.8, 4) is 0 Å². The lowest BCUT2D eigenvalue weighted by Crippen LogP contribution is -2.60. The summed E-state index contributed by atoms with van der Waals surface area (Å²) in [5.74, 6) is -4.40. The van der Waals surface area contributed by atoms with Gasteiger partial charge in [-0.25, -0.2) is 9.47 Å². The SMILES string of the molecule is C[N+](CS(=O)(=O)O)(CS(=O)(=O)O)C(=NOCCn1cnc(C(F)(F)F)c1)NC(=O)c1cc2ccccc2[nH]1. The van der Waals surface area contributed by atoms with Crippen molar-refractivity contribution in [2.45, 2.75) is 12.7 Å². The number of para-hydroxylation sites is 1. The quantitative estimate of drug-likeness (QED) is 0.0716. The molecule has 3 aromatic rings. The molecule has 2 aromatic heterocycles. The summed E-state index contributed by atoms with van der Waals surface area (Å²) in [5.41, 5.74) is -0.626. The Morgan fingerprint density at radius 2 is 1.82 bits per heavy atom. The van der Waals surface area contributed by atoms with E-state index in [4.69, 9.17) is 4.84 Å². The number of nitrogens with zero attached hydrogens (tertiary/aromatic N) is 4. The zero-order valence-corrected chi connectivity index (χ0v) is 21.1. The maximum absolute atomic E-state index is 12.9. The highest BCUT2D eigenvalue weighted by Crippen LogP contribution is 2.27. The number of imidazole rings is 1. The van der Waals surface area contributed by atoms with Crippen molar-refractivity contribution in [1.29, 1.82) is 0 Å². The van der Waals surface area contributed by atoms with Gasteiger partial charge in [-0.2, -0.15) is 30.0 Å². The molecule has 0 saturated heterocycles. The number of carbonyl (C=O) groups excluding carboxylic acids is 1. The molecule has 0 unspecified atom stereocenters. The van der Waals surface area contributed by atoms with Crippen molar-refractivity contribution >= 4 is 43.0 Å². The molecule has 0 atom stereocenters. The minimum Gasteiger partial charge on any atom is -0.388 e. The minimum absolute atomic E-state index is 0.0396. The van der Waals surface area contributed by atoms with E-state index in [1.54, 1.807) is 24.3 Å². The van der Waals surface area contributed by atoms with E-state index in [2.05, 4.69) is 20.4 Å². The summed E-state index contributed by atoms with van der Waals surface area (Å²) >= 11 is 0. The number of aromatic amines is 1. The van der Waals surface area contributed by atoms with E-state index < -0.39 is 66.8 Å². The summed E-state index contributed by atoms with van der Waals surface area (Å²) in [6, 6.07) is 8.21. The van der Waals surface area contributed by atoms with Crippen LogP contribution >= 0.6 is 0 Å². The van der Waals surface area contributed by atoms with Gasteiger partial charge in [0.05, 0.1) is 19.9 Å². The number of guanidine groups is 1. The van der Waals surface area contributed by atoms with Gasteiger partial charge in [0.25, 0.3) is 5.91 Å². The molecule has 38 heavy (non-hydrogen) atoms. The third-order valence-electron chi connectivity index (χ3n) is 4.92. The van der Waals surface area contributed by atoms with Crippen LogP contribution < -0.4 is 5.32 Å². The van der Waals surface area contributed by atoms with Gasteiger partial charge in [0.2, 0.25) is 11.8 Å². The van der Waals surface area contributed by atoms with Crippen molar-refractivity contribution < 1.29 is 53.2 Å². The Labute approximate surface area is 213 Å². The standard InChI is InChI=1S/C19H21F3N6O8S2/c1-28(11-37(30,31)32,12-38(33,34)35)18(25-17(29)15-8-13-4-2-3-5-14(13)24-15)26-36-7-6-27-9-16(23-10-27)19(20,21)22/h2-5,8-10H,6-7,11-12H2,1H3,(H3-,24,25,26,29,30,31,32,33,34,35)/p+1. The molecule has 19 heteroatoms. The number of carbonyl (C=O) groups is 1. The van der Waals surface area contributed by atoms with Crippen molar-refractivity contribution in [3.63, 3.8) is 0 Å². The summed E-state index contributed by atoms with van der Waals surface area (Å²) in [6.45, 7) is -0.659. The number of hydrogen-bond donors (Lipinski definition) is 4. The van der Waals surface area contributed by atoms with Gasteiger partial charge in [-0.3, -0.25) is 19.2 Å². The maximum Gasteiger partial charge on any atom is 0.434 e. The van der Waals surface area contributed by atoms with Crippen LogP contribution in [0.5, 0.6) is 0 Å². The minimum atomic E-state index is -4.92. The van der Waals surface area contributed by atoms with E-state index in [9.17, 15) is 43.9 Å². The van der Waals surface area contributed by atoms with E-state index in [0.29, 0.717) is 17.1 Å². The van der Waals surface area contributed by atoms with Crippen LogP contribution in [-0.4, -0.2) is 82.2 Å². The molecule has 0 saturated carbocycles. The lowest BCUT2D eigenvalue weighted by Gasteiger charge is -2.30. The number of quaternary nitrogens is 1. The number of halogens is 3. The largest absolute Gasteiger partial charge is 0.434 e. The fourth-order valence-electron chi connectivity index (χ4n) is 3.38. The molecule has 14 nitrogen and oxygen atoms in total. The molecule has 1 amide bonds. The number of amides is 1. The summed E-state index contributed by atoms with van der Waals surface area (Å²) < 4.78 is 103. The van der Waals surface area contributed by atoms with Crippen LogP contribution in [-0.2, 0) is 37.8 Å². The van der Waals surface area contributed by atoms with Crippen LogP contribution in [0.3, 0.4) is 0 Å². The molecule has 1 aromatic carbocycles. The third kappa shape index (κ3) is 7.99. The molecule has 0 aliphatic rings. The second-order valence-corrected chi connectivity index (χ2v) is 11.1. The number of benzene rings is 1. The normalized spacial score (nSPS) is 13.6. The summed E-state index contributed by atoms with van der Waals surface area (Å²) in [5, 5.41) is 6.44. The number of H-pyrrole nitrogens is 1. The second kappa shape index (κ2) is 10.7. The van der Waals surface area contributed by atoms with Crippen molar-refractivity contribution in [1.82, 2.24) is 19.9 Å². The molecule has 0 aliphatic heterocycles. The molecule has 0 aliphatic carbocycles. The molecular weight excluding hydrogens is 561 g/mol. The van der Waals surface area contributed by atoms with E-state index in [1.165, 1.54) is 6.07 Å². The van der Waals surface area contributed by atoms with E-state index >= 15 is 0 Å². The van der Waals surface area contributed by atoms with Crippen LogP contribution in [0.25, 0.3) is 10.9 Å². The van der Waals surface area contributed by atoms with Crippen LogP contribution in [0, 0.1) is 0 Å². The second-order valence-electron chi connectivity index (χ2n) is 8.28. The number of nitrogens with one attached hydrogen (secondary N) is 2. The van der Waals surface area contributed by atoms with Gasteiger partial charge >= 0.3 is 32.4 Å². The molecule has 0 bridgehead atoms. The first-order chi connectivity index (χ1) is 17.5. The van der Waals surface area contributed by atoms with Gasteiger partial charge in [-0.15, -0.1) is 0 Å². The predicted octanol–water partition coefficient (Wildman–Crippen LogP) is 1.24. The molecule has 3 rings (SSSR count). The van der Waals surface area contributed by atoms with Gasteiger partial charge in [-0.05, 0) is 17.3 Å². The number of alkyl halides is 3. The monoisotopic (exact) mass is 583 g/mol. The summed E-state index contributed by atoms with van der Waals surface area (Å²) in [4.78, 5) is 24.0. The molecule has 2 heterocycles. The number of oxime groups is 1. The highest BCUT2D eigenvalue weighted by atomic mass is 32.2. The van der Waals surface area contributed by atoms with E-state index in [1.807, 2.05) is 0 Å². The Morgan fingerprint density at radius 1 is 1.18 bits per heavy atom. The Bertz CT molecular complexity index is 1500.